The average Bonchev–Trinajstić information content (AvgIpc) is 3.05. The molecule has 1 aromatic heterocycles. The molecule has 3 heteroatoms. The Bertz CT molecular complexity index is 1240. The van der Waals surface area contributed by atoms with Crippen LogP contribution in [0.15, 0.2) is 72.8 Å². The molecule has 0 saturated carbocycles. The molecule has 3 nitrogen and oxygen atoms in total. The Hall–Kier alpha value is -3.33. The molecule has 3 aromatic carbocycles. The van der Waals surface area contributed by atoms with E-state index in [9.17, 15) is 4.79 Å². The number of allylic oxidation sites excluding steroid dienone is 1. The maximum absolute atomic E-state index is 12.8. The van der Waals surface area contributed by atoms with Gasteiger partial charge in [0.1, 0.15) is 0 Å². The van der Waals surface area contributed by atoms with Gasteiger partial charge in [-0.05, 0) is 54.3 Å². The number of carbonyl (C=O) groups is 1. The highest BCUT2D eigenvalue weighted by Gasteiger charge is 2.12. The van der Waals surface area contributed by atoms with Crippen LogP contribution < -0.4 is 5.32 Å². The molecule has 0 atom stereocenters. The number of aryl methyl sites for hydroxylation is 1. The van der Waals surface area contributed by atoms with Gasteiger partial charge >= 0.3 is 0 Å². The lowest BCUT2D eigenvalue weighted by molar-refractivity contribution is 0.102. The first-order valence-electron chi connectivity index (χ1n) is 10.5. The van der Waals surface area contributed by atoms with E-state index in [1.54, 1.807) is 0 Å². The second-order valence-corrected chi connectivity index (χ2v) is 8.77. The predicted octanol–water partition coefficient (Wildman–Crippen LogP) is 7.13. The normalized spacial score (nSPS) is 12.1. The number of para-hydroxylation sites is 1. The zero-order valence-corrected chi connectivity index (χ0v) is 18.1. The van der Waals surface area contributed by atoms with Crippen LogP contribution in [0.2, 0.25) is 0 Å². The molecule has 0 aliphatic rings. The first-order valence-corrected chi connectivity index (χ1v) is 10.5. The molecule has 0 saturated heterocycles. The van der Waals surface area contributed by atoms with E-state index >= 15 is 0 Å². The molecule has 0 bridgehead atoms. The predicted molar refractivity (Wildman–Crippen MR) is 128 cm³/mol. The van der Waals surface area contributed by atoms with Crippen LogP contribution in [-0.2, 0) is 6.54 Å². The van der Waals surface area contributed by atoms with Gasteiger partial charge in [-0.3, -0.25) is 4.79 Å². The molecular weight excluding hydrogens is 368 g/mol. The van der Waals surface area contributed by atoms with Crippen LogP contribution in [0.5, 0.6) is 0 Å². The Morgan fingerprint density at radius 1 is 0.933 bits per heavy atom. The number of nitrogens with one attached hydrogen (secondary N) is 1. The van der Waals surface area contributed by atoms with Crippen molar-refractivity contribution >= 4 is 39.5 Å². The Labute approximate surface area is 178 Å². The third-order valence-corrected chi connectivity index (χ3v) is 5.30. The number of rotatable bonds is 4. The summed E-state index contributed by atoms with van der Waals surface area (Å²) in [5.41, 5.74) is 5.09. The van der Waals surface area contributed by atoms with Gasteiger partial charge in [0.15, 0.2) is 0 Å². The fourth-order valence-corrected chi connectivity index (χ4v) is 3.77. The van der Waals surface area contributed by atoms with Crippen LogP contribution in [0, 0.1) is 5.41 Å². The van der Waals surface area contributed by atoms with Crippen molar-refractivity contribution in [3.05, 3.63) is 83.9 Å². The molecule has 1 amide bonds. The third kappa shape index (κ3) is 4.02. The van der Waals surface area contributed by atoms with Gasteiger partial charge in [0, 0.05) is 39.6 Å². The van der Waals surface area contributed by atoms with Crippen molar-refractivity contribution in [1.29, 1.82) is 0 Å². The molecule has 0 radical (unpaired) electrons. The van der Waals surface area contributed by atoms with Gasteiger partial charge in [0.05, 0.1) is 0 Å². The summed E-state index contributed by atoms with van der Waals surface area (Å²) < 4.78 is 2.31. The van der Waals surface area contributed by atoms with E-state index in [4.69, 9.17) is 0 Å². The molecule has 0 spiro atoms. The van der Waals surface area contributed by atoms with E-state index in [1.165, 1.54) is 16.4 Å². The number of hydrogen-bond donors (Lipinski definition) is 1. The third-order valence-electron chi connectivity index (χ3n) is 5.30. The van der Waals surface area contributed by atoms with E-state index in [0.29, 0.717) is 5.56 Å². The molecule has 1 heterocycles. The van der Waals surface area contributed by atoms with E-state index in [1.807, 2.05) is 30.3 Å². The van der Waals surface area contributed by atoms with Crippen molar-refractivity contribution in [1.82, 2.24) is 4.57 Å². The molecule has 152 valence electrons. The maximum Gasteiger partial charge on any atom is 0.255 e. The van der Waals surface area contributed by atoms with Gasteiger partial charge in [-0.2, -0.15) is 0 Å². The summed E-state index contributed by atoms with van der Waals surface area (Å²) in [7, 11) is 0. The molecule has 0 unspecified atom stereocenters. The highest BCUT2D eigenvalue weighted by atomic mass is 16.1. The fourth-order valence-electron chi connectivity index (χ4n) is 3.77. The van der Waals surface area contributed by atoms with Gasteiger partial charge in [0.25, 0.3) is 5.91 Å². The largest absolute Gasteiger partial charge is 0.341 e. The minimum absolute atomic E-state index is 0.0973. The zero-order chi connectivity index (χ0) is 21.3. The highest BCUT2D eigenvalue weighted by Crippen LogP contribution is 2.31. The smallest absolute Gasteiger partial charge is 0.255 e. The van der Waals surface area contributed by atoms with Gasteiger partial charge in [-0.25, -0.2) is 0 Å². The minimum atomic E-state index is -0.0973. The van der Waals surface area contributed by atoms with Crippen molar-refractivity contribution in [3.8, 4) is 0 Å². The molecule has 0 fully saturated rings. The number of fused-ring (bicyclic) bond motifs is 3. The Morgan fingerprint density at radius 3 is 2.33 bits per heavy atom. The Morgan fingerprint density at radius 2 is 1.63 bits per heavy atom. The summed E-state index contributed by atoms with van der Waals surface area (Å²) in [5, 5.41) is 5.42. The van der Waals surface area contributed by atoms with E-state index in [2.05, 4.69) is 86.1 Å². The van der Waals surface area contributed by atoms with Crippen molar-refractivity contribution in [3.63, 3.8) is 0 Å². The first kappa shape index (κ1) is 20.0. The molecule has 30 heavy (non-hydrogen) atoms. The van der Waals surface area contributed by atoms with Crippen molar-refractivity contribution in [2.75, 3.05) is 5.32 Å². The number of nitrogens with zero attached hydrogens (tertiary/aromatic N) is 1. The molecule has 0 aliphatic carbocycles. The van der Waals surface area contributed by atoms with E-state index < -0.39 is 0 Å². The molecule has 4 rings (SSSR count). The lowest BCUT2D eigenvalue weighted by Crippen LogP contribution is -2.11. The summed E-state index contributed by atoms with van der Waals surface area (Å²) in [5.74, 6) is -0.0973. The molecule has 4 aromatic rings. The van der Waals surface area contributed by atoms with Gasteiger partial charge in [-0.15, -0.1) is 0 Å². The number of benzene rings is 3. The summed E-state index contributed by atoms with van der Waals surface area (Å²) in [4.78, 5) is 12.8. The second-order valence-electron chi connectivity index (χ2n) is 8.77. The van der Waals surface area contributed by atoms with Gasteiger partial charge in [-0.1, -0.05) is 63.3 Å². The van der Waals surface area contributed by atoms with Crippen LogP contribution in [0.4, 0.5) is 5.69 Å². The lowest BCUT2D eigenvalue weighted by atomic mass is 9.95. The first-order chi connectivity index (χ1) is 14.4. The van der Waals surface area contributed by atoms with Crippen LogP contribution in [0.3, 0.4) is 0 Å². The standard InChI is InChI=1S/C27H28N2O/c1-5-29-24-9-7-6-8-22(24)23-18-21(14-15-25(23)29)28-26(30)20-12-10-19(11-13-20)16-17-27(2,3)4/h6-18H,5H2,1-4H3,(H,28,30)/b17-16+. The number of amides is 1. The van der Waals surface area contributed by atoms with Gasteiger partial charge < -0.3 is 9.88 Å². The minimum Gasteiger partial charge on any atom is -0.341 e. The van der Waals surface area contributed by atoms with Crippen molar-refractivity contribution in [2.24, 2.45) is 5.41 Å². The number of aromatic nitrogens is 1. The van der Waals surface area contributed by atoms with Crippen LogP contribution in [0.1, 0.15) is 43.6 Å². The summed E-state index contributed by atoms with van der Waals surface area (Å²) in [6.07, 6.45) is 4.27. The van der Waals surface area contributed by atoms with Crippen molar-refractivity contribution in [2.45, 2.75) is 34.2 Å². The highest BCUT2D eigenvalue weighted by molar-refractivity contribution is 6.11. The number of carbonyl (C=O) groups excluding carboxylic acids is 1. The van der Waals surface area contributed by atoms with E-state index in [-0.39, 0.29) is 11.3 Å². The SMILES string of the molecule is CCn1c2ccccc2c2cc(NC(=O)c3ccc(/C=C/C(C)(C)C)cc3)ccc21. The quantitative estimate of drug-likeness (QED) is 0.391. The Balaban J connectivity index is 1.59. The average molecular weight is 397 g/mol. The topological polar surface area (TPSA) is 34.0 Å². The molecule has 0 aliphatic heterocycles. The fraction of sp³-hybridized carbons (Fsp3) is 0.222. The zero-order valence-electron chi connectivity index (χ0n) is 18.1. The summed E-state index contributed by atoms with van der Waals surface area (Å²) >= 11 is 0. The van der Waals surface area contributed by atoms with Gasteiger partial charge in [0.2, 0.25) is 0 Å². The van der Waals surface area contributed by atoms with Crippen LogP contribution >= 0.6 is 0 Å². The molecular formula is C27H28N2O. The monoisotopic (exact) mass is 396 g/mol. The number of anilines is 1. The second kappa shape index (κ2) is 7.83. The van der Waals surface area contributed by atoms with Crippen LogP contribution in [-0.4, -0.2) is 10.5 Å². The van der Waals surface area contributed by atoms with Crippen molar-refractivity contribution < 1.29 is 4.79 Å². The summed E-state index contributed by atoms with van der Waals surface area (Å²) in [6, 6.07) is 22.3. The van der Waals surface area contributed by atoms with Crippen LogP contribution in [0.25, 0.3) is 27.9 Å². The molecule has 1 N–H and O–H groups in total. The lowest BCUT2D eigenvalue weighted by Gasteiger charge is -2.11. The van der Waals surface area contributed by atoms with E-state index in [0.717, 1.165) is 23.2 Å². The summed E-state index contributed by atoms with van der Waals surface area (Å²) in [6.45, 7) is 9.56. The Kier molecular flexibility index (Phi) is 5.21. The maximum atomic E-state index is 12.8. The number of hydrogen-bond acceptors (Lipinski definition) is 1.